The lowest BCUT2D eigenvalue weighted by atomic mass is 9.97. The third kappa shape index (κ3) is 1.83. The Morgan fingerprint density at radius 2 is 2.29 bits per heavy atom. The first kappa shape index (κ1) is 10.7. The first-order chi connectivity index (χ1) is 8.25. The number of imidazole rings is 1. The van der Waals surface area contributed by atoms with Crippen molar-refractivity contribution in [1.29, 1.82) is 0 Å². The lowest BCUT2D eigenvalue weighted by molar-refractivity contribution is 0.518. The van der Waals surface area contributed by atoms with Crippen molar-refractivity contribution < 1.29 is 4.39 Å². The van der Waals surface area contributed by atoms with E-state index in [4.69, 9.17) is 11.6 Å². The van der Waals surface area contributed by atoms with Crippen LogP contribution in [0.2, 0.25) is 5.02 Å². The Bertz CT molecular complexity index is 552. The molecule has 5 heteroatoms. The number of nitrogens with zero attached hydrogens (tertiary/aromatic N) is 1. The van der Waals surface area contributed by atoms with Gasteiger partial charge in [-0.15, -0.1) is 0 Å². The number of benzene rings is 1. The number of halogens is 2. The van der Waals surface area contributed by atoms with Crippen LogP contribution >= 0.6 is 11.6 Å². The van der Waals surface area contributed by atoms with Gasteiger partial charge in [0.05, 0.1) is 18.1 Å². The number of aromatic amines is 1. The van der Waals surface area contributed by atoms with Crippen LogP contribution < -0.4 is 5.32 Å². The number of H-pyrrole nitrogens is 1. The Labute approximate surface area is 103 Å². The van der Waals surface area contributed by atoms with E-state index in [1.807, 2.05) is 0 Å². The molecule has 1 aliphatic heterocycles. The second kappa shape index (κ2) is 4.13. The van der Waals surface area contributed by atoms with Gasteiger partial charge in [-0.2, -0.15) is 0 Å². The first-order valence-corrected chi connectivity index (χ1v) is 5.84. The molecule has 3 rings (SSSR count). The van der Waals surface area contributed by atoms with E-state index in [0.29, 0.717) is 10.6 Å². The molecule has 88 valence electrons. The average Bonchev–Trinajstić information content (AvgIpc) is 2.77. The fraction of sp³-hybridized carbons (Fsp3) is 0.250. The molecule has 1 atom stereocenters. The third-order valence-corrected chi connectivity index (χ3v) is 3.26. The molecule has 1 aromatic heterocycles. The molecule has 2 N–H and O–H groups in total. The van der Waals surface area contributed by atoms with Crippen molar-refractivity contribution in [2.24, 2.45) is 0 Å². The summed E-state index contributed by atoms with van der Waals surface area (Å²) >= 11 is 5.75. The Morgan fingerprint density at radius 3 is 3.12 bits per heavy atom. The van der Waals surface area contributed by atoms with Crippen LogP contribution in [0.4, 0.5) is 4.39 Å². The van der Waals surface area contributed by atoms with E-state index in [-0.39, 0.29) is 11.9 Å². The minimum absolute atomic E-state index is 0.192. The van der Waals surface area contributed by atoms with Crippen molar-refractivity contribution in [3.05, 3.63) is 52.3 Å². The van der Waals surface area contributed by atoms with Gasteiger partial charge in [0.25, 0.3) is 0 Å². The summed E-state index contributed by atoms with van der Waals surface area (Å²) in [4.78, 5) is 7.35. The zero-order valence-electron chi connectivity index (χ0n) is 9.00. The van der Waals surface area contributed by atoms with E-state index in [1.54, 1.807) is 18.5 Å². The molecular weight excluding hydrogens is 241 g/mol. The number of hydrogen-bond acceptors (Lipinski definition) is 2. The zero-order valence-corrected chi connectivity index (χ0v) is 9.76. The van der Waals surface area contributed by atoms with Crippen molar-refractivity contribution >= 4 is 11.6 Å². The van der Waals surface area contributed by atoms with Gasteiger partial charge in [-0.05, 0) is 12.1 Å². The van der Waals surface area contributed by atoms with Gasteiger partial charge in [0.15, 0.2) is 0 Å². The Kier molecular flexibility index (Phi) is 2.61. The molecule has 0 amide bonds. The van der Waals surface area contributed by atoms with Crippen LogP contribution in [0.1, 0.15) is 23.0 Å². The maximum absolute atomic E-state index is 13.9. The van der Waals surface area contributed by atoms with Crippen LogP contribution in [0.15, 0.2) is 24.5 Å². The fourth-order valence-electron chi connectivity index (χ4n) is 2.21. The number of hydrogen-bond donors (Lipinski definition) is 2. The standard InChI is InChI=1S/C12H11ClFN3/c13-7-1-2-8(9(14)5-7)11-12-10(3-4-15-11)16-6-17-12/h1-2,5-6,11,15H,3-4H2,(H,16,17). The van der Waals surface area contributed by atoms with Crippen LogP contribution in [0.3, 0.4) is 0 Å². The molecule has 2 aromatic rings. The molecule has 0 saturated carbocycles. The molecule has 0 fully saturated rings. The predicted molar refractivity (Wildman–Crippen MR) is 63.5 cm³/mol. The predicted octanol–water partition coefficient (Wildman–Crippen LogP) is 2.44. The summed E-state index contributed by atoms with van der Waals surface area (Å²) in [5, 5.41) is 3.68. The van der Waals surface area contributed by atoms with Crippen LogP contribution in [0.25, 0.3) is 0 Å². The lowest BCUT2D eigenvalue weighted by Crippen LogP contribution is -2.31. The smallest absolute Gasteiger partial charge is 0.129 e. The van der Waals surface area contributed by atoms with E-state index in [2.05, 4.69) is 15.3 Å². The molecule has 1 aromatic carbocycles. The number of nitrogens with one attached hydrogen (secondary N) is 2. The molecule has 1 aliphatic rings. The molecule has 1 unspecified atom stereocenters. The molecule has 0 saturated heterocycles. The quantitative estimate of drug-likeness (QED) is 0.817. The van der Waals surface area contributed by atoms with Crippen molar-refractivity contribution in [3.8, 4) is 0 Å². The van der Waals surface area contributed by atoms with Gasteiger partial charge in [0.1, 0.15) is 5.82 Å². The normalized spacial score (nSPS) is 19.1. The molecule has 17 heavy (non-hydrogen) atoms. The molecule has 0 spiro atoms. The van der Waals surface area contributed by atoms with Gasteiger partial charge in [-0.1, -0.05) is 17.7 Å². The van der Waals surface area contributed by atoms with Crippen LogP contribution in [0.5, 0.6) is 0 Å². The molecular formula is C12H11ClFN3. The summed E-state index contributed by atoms with van der Waals surface area (Å²) in [5.41, 5.74) is 2.53. The second-order valence-electron chi connectivity index (χ2n) is 4.07. The van der Waals surface area contributed by atoms with Crippen molar-refractivity contribution in [3.63, 3.8) is 0 Å². The summed E-state index contributed by atoms with van der Waals surface area (Å²) in [6.07, 6.45) is 2.54. The summed E-state index contributed by atoms with van der Waals surface area (Å²) < 4.78 is 13.9. The Morgan fingerprint density at radius 1 is 1.41 bits per heavy atom. The minimum Gasteiger partial charge on any atom is -0.348 e. The van der Waals surface area contributed by atoms with E-state index in [0.717, 1.165) is 24.4 Å². The maximum atomic E-state index is 13.9. The summed E-state index contributed by atoms with van der Waals surface area (Å²) in [5.74, 6) is -0.300. The highest BCUT2D eigenvalue weighted by Crippen LogP contribution is 2.29. The molecule has 0 aliphatic carbocycles. The highest BCUT2D eigenvalue weighted by molar-refractivity contribution is 6.30. The van der Waals surface area contributed by atoms with Gasteiger partial charge in [-0.3, -0.25) is 0 Å². The SMILES string of the molecule is Fc1cc(Cl)ccc1C1NCCc2[nH]cnc21. The second-order valence-corrected chi connectivity index (χ2v) is 4.51. The third-order valence-electron chi connectivity index (χ3n) is 3.02. The van der Waals surface area contributed by atoms with Gasteiger partial charge >= 0.3 is 0 Å². The van der Waals surface area contributed by atoms with Gasteiger partial charge in [0.2, 0.25) is 0 Å². The number of fused-ring (bicyclic) bond motifs is 1. The Hall–Kier alpha value is -1.39. The topological polar surface area (TPSA) is 40.7 Å². The van der Waals surface area contributed by atoms with Gasteiger partial charge < -0.3 is 10.3 Å². The van der Waals surface area contributed by atoms with Crippen molar-refractivity contribution in [1.82, 2.24) is 15.3 Å². The summed E-state index contributed by atoms with van der Waals surface area (Å²) in [6, 6.07) is 4.54. The molecule has 0 bridgehead atoms. The molecule has 2 heterocycles. The van der Waals surface area contributed by atoms with E-state index in [9.17, 15) is 4.39 Å². The van der Waals surface area contributed by atoms with Crippen molar-refractivity contribution in [2.45, 2.75) is 12.5 Å². The Balaban J connectivity index is 2.06. The fourth-order valence-corrected chi connectivity index (χ4v) is 2.37. The van der Waals surface area contributed by atoms with Gasteiger partial charge in [0, 0.05) is 29.2 Å². The highest BCUT2D eigenvalue weighted by atomic mass is 35.5. The minimum atomic E-state index is -0.300. The summed E-state index contributed by atoms with van der Waals surface area (Å²) in [6.45, 7) is 0.807. The monoisotopic (exact) mass is 251 g/mol. The van der Waals surface area contributed by atoms with Crippen molar-refractivity contribution in [2.75, 3.05) is 6.54 Å². The van der Waals surface area contributed by atoms with E-state index < -0.39 is 0 Å². The van der Waals surface area contributed by atoms with Crippen LogP contribution in [-0.4, -0.2) is 16.5 Å². The average molecular weight is 252 g/mol. The lowest BCUT2D eigenvalue weighted by Gasteiger charge is -2.23. The first-order valence-electron chi connectivity index (χ1n) is 5.46. The molecule has 0 radical (unpaired) electrons. The summed E-state index contributed by atoms with van der Waals surface area (Å²) in [7, 11) is 0. The maximum Gasteiger partial charge on any atom is 0.129 e. The molecule has 3 nitrogen and oxygen atoms in total. The van der Waals surface area contributed by atoms with Crippen LogP contribution in [0, 0.1) is 5.82 Å². The largest absolute Gasteiger partial charge is 0.348 e. The van der Waals surface area contributed by atoms with Gasteiger partial charge in [-0.25, -0.2) is 9.37 Å². The zero-order chi connectivity index (χ0) is 11.8. The highest BCUT2D eigenvalue weighted by Gasteiger charge is 2.25. The van der Waals surface area contributed by atoms with E-state index in [1.165, 1.54) is 6.07 Å². The number of aromatic nitrogens is 2. The van der Waals surface area contributed by atoms with Crippen LogP contribution in [-0.2, 0) is 6.42 Å². The van der Waals surface area contributed by atoms with E-state index >= 15 is 0 Å². The number of rotatable bonds is 1.